The van der Waals surface area contributed by atoms with Crippen LogP contribution in [0.25, 0.3) is 0 Å². The maximum Gasteiger partial charge on any atom is 0.170 e. The zero-order valence-corrected chi connectivity index (χ0v) is 12.7. The molecule has 1 aromatic carbocycles. The fraction of sp³-hybridized carbons (Fsp3) is 0.462. The Bertz CT molecular complexity index is 442. The Morgan fingerprint density at radius 1 is 1.11 bits per heavy atom. The van der Waals surface area contributed by atoms with E-state index in [0.29, 0.717) is 21.2 Å². The van der Waals surface area contributed by atoms with E-state index in [1.165, 1.54) is 0 Å². The Balaban J connectivity index is 1.87. The van der Waals surface area contributed by atoms with Crippen LogP contribution in [0.1, 0.15) is 25.7 Å². The monoisotopic (exact) mass is 318 g/mol. The minimum atomic E-state index is -0.161. The predicted molar refractivity (Wildman–Crippen MR) is 84.1 cm³/mol. The van der Waals surface area contributed by atoms with Gasteiger partial charge < -0.3 is 15.7 Å². The summed E-state index contributed by atoms with van der Waals surface area (Å²) in [4.78, 5) is 0. The van der Waals surface area contributed by atoms with Crippen LogP contribution in [0.4, 0.5) is 5.69 Å². The third kappa shape index (κ3) is 4.80. The first-order valence-electron chi connectivity index (χ1n) is 6.24. The van der Waals surface area contributed by atoms with Crippen LogP contribution in [-0.2, 0) is 0 Å². The molecule has 19 heavy (non-hydrogen) atoms. The van der Waals surface area contributed by atoms with Crippen LogP contribution in [0, 0.1) is 0 Å². The molecule has 0 amide bonds. The molecular formula is C13H16Cl2N2OS. The van der Waals surface area contributed by atoms with Crippen molar-refractivity contribution in [2.75, 3.05) is 5.32 Å². The van der Waals surface area contributed by atoms with Crippen molar-refractivity contribution in [1.29, 1.82) is 0 Å². The summed E-state index contributed by atoms with van der Waals surface area (Å²) < 4.78 is 0. The molecule has 1 fully saturated rings. The largest absolute Gasteiger partial charge is 0.393 e. The first-order valence-corrected chi connectivity index (χ1v) is 7.41. The molecule has 3 nitrogen and oxygen atoms in total. The molecule has 1 aliphatic carbocycles. The van der Waals surface area contributed by atoms with Gasteiger partial charge in [0.1, 0.15) is 0 Å². The Labute approximate surface area is 128 Å². The lowest BCUT2D eigenvalue weighted by Crippen LogP contribution is -2.40. The second-order valence-electron chi connectivity index (χ2n) is 4.76. The zero-order chi connectivity index (χ0) is 13.8. The number of benzene rings is 1. The number of aliphatic hydroxyl groups excluding tert-OH is 1. The number of rotatable bonds is 2. The molecule has 104 valence electrons. The molecule has 0 bridgehead atoms. The van der Waals surface area contributed by atoms with Crippen molar-refractivity contribution in [2.24, 2.45) is 0 Å². The smallest absolute Gasteiger partial charge is 0.170 e. The predicted octanol–water partition coefficient (Wildman–Crippen LogP) is 3.58. The Hall–Kier alpha value is -0.550. The van der Waals surface area contributed by atoms with E-state index in [9.17, 15) is 5.11 Å². The van der Waals surface area contributed by atoms with Crippen molar-refractivity contribution in [2.45, 2.75) is 37.8 Å². The van der Waals surface area contributed by atoms with Gasteiger partial charge in [-0.25, -0.2) is 0 Å². The molecule has 2 rings (SSSR count). The van der Waals surface area contributed by atoms with Crippen LogP contribution in [0.15, 0.2) is 18.2 Å². The molecule has 6 heteroatoms. The highest BCUT2D eigenvalue weighted by Crippen LogP contribution is 2.23. The van der Waals surface area contributed by atoms with Gasteiger partial charge in [-0.2, -0.15) is 0 Å². The minimum absolute atomic E-state index is 0.161. The van der Waals surface area contributed by atoms with Crippen molar-refractivity contribution in [3.05, 3.63) is 28.2 Å². The molecule has 0 aromatic heterocycles. The van der Waals surface area contributed by atoms with Gasteiger partial charge in [-0.1, -0.05) is 23.2 Å². The number of nitrogens with one attached hydrogen (secondary N) is 2. The average Bonchev–Trinajstić information content (AvgIpc) is 2.30. The SMILES string of the molecule is OC1CCC(NC(=S)Nc2cc(Cl)cc(Cl)c2)CC1. The summed E-state index contributed by atoms with van der Waals surface area (Å²) in [6, 6.07) is 5.53. The van der Waals surface area contributed by atoms with E-state index in [2.05, 4.69) is 10.6 Å². The van der Waals surface area contributed by atoms with E-state index in [-0.39, 0.29) is 6.10 Å². The first kappa shape index (κ1) is 14.9. The van der Waals surface area contributed by atoms with Crippen LogP contribution in [0.2, 0.25) is 10.0 Å². The van der Waals surface area contributed by atoms with Gasteiger partial charge >= 0.3 is 0 Å². The quantitative estimate of drug-likeness (QED) is 0.729. The fourth-order valence-electron chi connectivity index (χ4n) is 2.20. The van der Waals surface area contributed by atoms with Crippen molar-refractivity contribution < 1.29 is 5.11 Å². The average molecular weight is 319 g/mol. The summed E-state index contributed by atoms with van der Waals surface area (Å²) in [5.41, 5.74) is 0.769. The van der Waals surface area contributed by atoms with Crippen molar-refractivity contribution in [1.82, 2.24) is 5.32 Å². The lowest BCUT2D eigenvalue weighted by Gasteiger charge is -2.27. The summed E-state index contributed by atoms with van der Waals surface area (Å²) in [5.74, 6) is 0. The van der Waals surface area contributed by atoms with E-state index in [0.717, 1.165) is 31.4 Å². The number of hydrogen-bond acceptors (Lipinski definition) is 2. The number of hydrogen-bond donors (Lipinski definition) is 3. The highest BCUT2D eigenvalue weighted by molar-refractivity contribution is 7.80. The van der Waals surface area contributed by atoms with Crippen molar-refractivity contribution >= 4 is 46.2 Å². The van der Waals surface area contributed by atoms with Crippen LogP contribution >= 0.6 is 35.4 Å². The standard InChI is InChI=1S/C13H16Cl2N2OS/c14-8-5-9(15)7-11(6-8)17-13(19)16-10-1-3-12(18)4-2-10/h5-7,10,12,18H,1-4H2,(H2,16,17,19). The summed E-state index contributed by atoms with van der Waals surface area (Å²) in [6.07, 6.45) is 3.34. The summed E-state index contributed by atoms with van der Waals surface area (Å²) in [7, 11) is 0. The van der Waals surface area contributed by atoms with Gasteiger partial charge in [0.15, 0.2) is 5.11 Å². The Morgan fingerprint density at radius 2 is 1.68 bits per heavy atom. The fourth-order valence-corrected chi connectivity index (χ4v) is 3.01. The van der Waals surface area contributed by atoms with Gasteiger partial charge in [-0.05, 0) is 56.1 Å². The number of aliphatic hydroxyl groups is 1. The topological polar surface area (TPSA) is 44.3 Å². The van der Waals surface area contributed by atoms with Crippen molar-refractivity contribution in [3.8, 4) is 0 Å². The number of halogens is 2. The summed E-state index contributed by atoms with van der Waals surface area (Å²) >= 11 is 17.1. The summed E-state index contributed by atoms with van der Waals surface area (Å²) in [5, 5.41) is 17.5. The maximum atomic E-state index is 9.45. The van der Waals surface area contributed by atoms with Gasteiger partial charge in [0, 0.05) is 21.8 Å². The molecule has 0 radical (unpaired) electrons. The molecule has 0 aliphatic heterocycles. The Kier molecular flexibility index (Phi) is 5.28. The van der Waals surface area contributed by atoms with Gasteiger partial charge in [-0.15, -0.1) is 0 Å². The second-order valence-corrected chi connectivity index (χ2v) is 6.04. The van der Waals surface area contributed by atoms with Crippen LogP contribution in [0.5, 0.6) is 0 Å². The number of anilines is 1. The third-order valence-electron chi connectivity index (χ3n) is 3.15. The molecule has 1 aromatic rings. The third-order valence-corrected chi connectivity index (χ3v) is 3.81. The highest BCUT2D eigenvalue weighted by atomic mass is 35.5. The lowest BCUT2D eigenvalue weighted by molar-refractivity contribution is 0.120. The van der Waals surface area contributed by atoms with E-state index < -0.39 is 0 Å². The van der Waals surface area contributed by atoms with Crippen LogP contribution < -0.4 is 10.6 Å². The van der Waals surface area contributed by atoms with Gasteiger partial charge in [-0.3, -0.25) is 0 Å². The molecule has 0 unspecified atom stereocenters. The van der Waals surface area contributed by atoms with Gasteiger partial charge in [0.2, 0.25) is 0 Å². The normalized spacial score (nSPS) is 22.9. The van der Waals surface area contributed by atoms with E-state index in [4.69, 9.17) is 35.4 Å². The Morgan fingerprint density at radius 3 is 2.26 bits per heavy atom. The molecule has 3 N–H and O–H groups in total. The molecule has 0 heterocycles. The van der Waals surface area contributed by atoms with E-state index >= 15 is 0 Å². The molecule has 1 aliphatic rings. The highest BCUT2D eigenvalue weighted by Gasteiger charge is 2.19. The van der Waals surface area contributed by atoms with Crippen LogP contribution in [0.3, 0.4) is 0 Å². The molecule has 1 saturated carbocycles. The number of thiocarbonyl (C=S) groups is 1. The zero-order valence-electron chi connectivity index (χ0n) is 10.3. The van der Waals surface area contributed by atoms with Crippen molar-refractivity contribution in [3.63, 3.8) is 0 Å². The minimum Gasteiger partial charge on any atom is -0.393 e. The maximum absolute atomic E-state index is 9.45. The lowest BCUT2D eigenvalue weighted by atomic mass is 9.93. The first-order chi connectivity index (χ1) is 9.02. The summed E-state index contributed by atoms with van der Waals surface area (Å²) in [6.45, 7) is 0. The van der Waals surface area contributed by atoms with Gasteiger partial charge in [0.25, 0.3) is 0 Å². The molecule has 0 atom stereocenters. The van der Waals surface area contributed by atoms with E-state index in [1.807, 2.05) is 0 Å². The van der Waals surface area contributed by atoms with E-state index in [1.54, 1.807) is 18.2 Å². The second kappa shape index (κ2) is 6.75. The molecule has 0 spiro atoms. The van der Waals surface area contributed by atoms with Gasteiger partial charge in [0.05, 0.1) is 6.10 Å². The molecular weight excluding hydrogens is 303 g/mol. The van der Waals surface area contributed by atoms with Crippen LogP contribution in [-0.4, -0.2) is 22.4 Å². The molecule has 0 saturated heterocycles.